The largest absolute Gasteiger partial charge is 0.396 e. The number of hydrogen-bond donors (Lipinski definition) is 2. The van der Waals surface area contributed by atoms with Crippen molar-refractivity contribution in [1.82, 2.24) is 0 Å². The Balaban J connectivity index is 3.50. The molecule has 7 heteroatoms. The molecular weight excluding hydrogens is 184 g/mol. The number of anilines is 2. The zero-order valence-electron chi connectivity index (χ0n) is 6.25. The normalized spacial score (nSPS) is 10.0. The van der Waals surface area contributed by atoms with Crippen LogP contribution in [-0.4, -0.2) is 4.92 Å². The molecule has 0 unspecified atom stereocenters. The first-order chi connectivity index (χ1) is 5.95. The number of nitrogen functional groups attached to an aromatic ring is 2. The lowest BCUT2D eigenvalue weighted by molar-refractivity contribution is -0.387. The van der Waals surface area contributed by atoms with Crippen LogP contribution in [0.1, 0.15) is 0 Å². The predicted octanol–water partition coefficient (Wildman–Crippen LogP) is 1.04. The molecule has 13 heavy (non-hydrogen) atoms. The lowest BCUT2D eigenvalue weighted by atomic mass is 10.2. The predicted molar refractivity (Wildman–Crippen MR) is 41.8 cm³/mol. The van der Waals surface area contributed by atoms with Crippen LogP contribution in [-0.2, 0) is 0 Å². The Labute approximate surface area is 71.1 Å². The second kappa shape index (κ2) is 2.85. The van der Waals surface area contributed by atoms with Gasteiger partial charge in [-0.05, 0) is 0 Å². The first-order valence-corrected chi connectivity index (χ1v) is 3.12. The molecular formula is C6H5F2N3O2. The van der Waals surface area contributed by atoms with Crippen LogP contribution < -0.4 is 11.5 Å². The van der Waals surface area contributed by atoms with Crippen molar-refractivity contribution in [2.45, 2.75) is 0 Å². The highest BCUT2D eigenvalue weighted by atomic mass is 19.1. The summed E-state index contributed by atoms with van der Waals surface area (Å²) in [6.45, 7) is 0. The average molecular weight is 189 g/mol. The van der Waals surface area contributed by atoms with E-state index in [2.05, 4.69) is 0 Å². The summed E-state index contributed by atoms with van der Waals surface area (Å²) >= 11 is 0. The number of rotatable bonds is 1. The van der Waals surface area contributed by atoms with Gasteiger partial charge in [0.25, 0.3) is 0 Å². The summed E-state index contributed by atoms with van der Waals surface area (Å²) in [7, 11) is 0. The summed E-state index contributed by atoms with van der Waals surface area (Å²) in [4.78, 5) is 9.14. The molecule has 0 fully saturated rings. The lowest BCUT2D eigenvalue weighted by Crippen LogP contribution is -2.04. The van der Waals surface area contributed by atoms with Gasteiger partial charge in [0, 0.05) is 6.07 Å². The van der Waals surface area contributed by atoms with E-state index < -0.39 is 33.6 Å². The number of nitrogens with zero attached hydrogens (tertiary/aromatic N) is 1. The fraction of sp³-hybridized carbons (Fsp3) is 0. The molecule has 0 saturated carbocycles. The quantitative estimate of drug-likeness (QED) is 0.392. The molecule has 1 aromatic rings. The van der Waals surface area contributed by atoms with Crippen molar-refractivity contribution < 1.29 is 13.7 Å². The second-order valence-electron chi connectivity index (χ2n) is 2.28. The Morgan fingerprint density at radius 2 is 1.85 bits per heavy atom. The van der Waals surface area contributed by atoms with Gasteiger partial charge in [-0.3, -0.25) is 10.1 Å². The van der Waals surface area contributed by atoms with Crippen LogP contribution in [0.25, 0.3) is 0 Å². The molecule has 0 heterocycles. The van der Waals surface area contributed by atoms with E-state index in [1.54, 1.807) is 0 Å². The van der Waals surface area contributed by atoms with Gasteiger partial charge in [0.15, 0.2) is 5.82 Å². The smallest absolute Gasteiger partial charge is 0.309 e. The summed E-state index contributed by atoms with van der Waals surface area (Å²) in [6.07, 6.45) is 0. The Kier molecular flexibility index (Phi) is 2.01. The maximum Gasteiger partial charge on any atom is 0.309 e. The number of halogens is 2. The van der Waals surface area contributed by atoms with E-state index in [9.17, 15) is 18.9 Å². The minimum Gasteiger partial charge on any atom is -0.396 e. The SMILES string of the molecule is Nc1cc([N+](=O)[O-])c(F)c(N)c1F. The molecule has 1 rings (SSSR count). The molecule has 5 nitrogen and oxygen atoms in total. The Hall–Kier alpha value is -1.92. The minimum atomic E-state index is -1.41. The third-order valence-electron chi connectivity index (χ3n) is 1.44. The van der Waals surface area contributed by atoms with Gasteiger partial charge in [0.1, 0.15) is 5.69 Å². The summed E-state index contributed by atoms with van der Waals surface area (Å²) in [5.74, 6) is -2.58. The molecule has 0 saturated heterocycles. The molecule has 0 aliphatic rings. The zero-order chi connectivity index (χ0) is 10.2. The van der Waals surface area contributed by atoms with E-state index in [0.717, 1.165) is 0 Å². The van der Waals surface area contributed by atoms with Crippen LogP contribution in [0.3, 0.4) is 0 Å². The standard InChI is InChI=1S/C6H5F2N3O2/c7-4-2(9)1-3(11(12)13)5(8)6(4)10/h1H,9-10H2. The molecule has 0 radical (unpaired) electrons. The van der Waals surface area contributed by atoms with Gasteiger partial charge >= 0.3 is 5.69 Å². The number of nitrogens with two attached hydrogens (primary N) is 2. The van der Waals surface area contributed by atoms with Crippen molar-refractivity contribution in [3.05, 3.63) is 27.8 Å². The Morgan fingerprint density at radius 3 is 2.31 bits per heavy atom. The molecule has 0 amide bonds. The van der Waals surface area contributed by atoms with Crippen LogP contribution in [0.4, 0.5) is 25.8 Å². The van der Waals surface area contributed by atoms with Gasteiger partial charge in [0.2, 0.25) is 5.82 Å². The second-order valence-corrected chi connectivity index (χ2v) is 2.28. The third kappa shape index (κ3) is 1.35. The Morgan fingerprint density at radius 1 is 1.31 bits per heavy atom. The van der Waals surface area contributed by atoms with Gasteiger partial charge in [0.05, 0.1) is 10.6 Å². The van der Waals surface area contributed by atoms with Crippen molar-refractivity contribution in [3.8, 4) is 0 Å². The summed E-state index contributed by atoms with van der Waals surface area (Å²) in [5.41, 5.74) is 7.47. The topological polar surface area (TPSA) is 95.2 Å². The van der Waals surface area contributed by atoms with Crippen LogP contribution in [0.5, 0.6) is 0 Å². The van der Waals surface area contributed by atoms with Gasteiger partial charge in [-0.2, -0.15) is 4.39 Å². The molecule has 4 N–H and O–H groups in total. The van der Waals surface area contributed by atoms with E-state index in [1.165, 1.54) is 0 Å². The van der Waals surface area contributed by atoms with E-state index in [1.807, 2.05) is 0 Å². The fourth-order valence-electron chi connectivity index (χ4n) is 0.797. The third-order valence-corrected chi connectivity index (χ3v) is 1.44. The van der Waals surface area contributed by atoms with Gasteiger partial charge in [-0.15, -0.1) is 0 Å². The number of hydrogen-bond acceptors (Lipinski definition) is 4. The van der Waals surface area contributed by atoms with Gasteiger partial charge < -0.3 is 11.5 Å². The number of nitro benzene ring substituents is 1. The lowest BCUT2D eigenvalue weighted by Gasteiger charge is -2.02. The molecule has 0 aliphatic heterocycles. The molecule has 0 atom stereocenters. The first kappa shape index (κ1) is 9.17. The molecule has 0 bridgehead atoms. The summed E-state index contributed by atoms with van der Waals surface area (Å²) < 4.78 is 25.6. The van der Waals surface area contributed by atoms with Crippen molar-refractivity contribution >= 4 is 17.1 Å². The molecule has 0 spiro atoms. The van der Waals surface area contributed by atoms with Crippen molar-refractivity contribution in [3.63, 3.8) is 0 Å². The van der Waals surface area contributed by atoms with E-state index in [-0.39, 0.29) is 0 Å². The van der Waals surface area contributed by atoms with E-state index in [0.29, 0.717) is 6.07 Å². The van der Waals surface area contributed by atoms with Crippen molar-refractivity contribution in [2.75, 3.05) is 11.5 Å². The molecule has 1 aromatic carbocycles. The molecule has 0 aromatic heterocycles. The van der Waals surface area contributed by atoms with Crippen molar-refractivity contribution in [2.24, 2.45) is 0 Å². The van der Waals surface area contributed by atoms with Crippen LogP contribution in [0.2, 0.25) is 0 Å². The first-order valence-electron chi connectivity index (χ1n) is 3.12. The highest BCUT2D eigenvalue weighted by Gasteiger charge is 2.22. The Bertz CT molecular complexity index is 381. The maximum absolute atomic E-state index is 12.8. The van der Waals surface area contributed by atoms with Crippen LogP contribution >= 0.6 is 0 Å². The van der Waals surface area contributed by atoms with E-state index in [4.69, 9.17) is 11.5 Å². The summed E-state index contributed by atoms with van der Waals surface area (Å²) in [6, 6.07) is 0.584. The zero-order valence-corrected chi connectivity index (χ0v) is 6.25. The molecule has 70 valence electrons. The van der Waals surface area contributed by atoms with Gasteiger partial charge in [-0.1, -0.05) is 0 Å². The summed E-state index contributed by atoms with van der Waals surface area (Å²) in [5, 5.41) is 10.2. The van der Waals surface area contributed by atoms with Crippen LogP contribution in [0.15, 0.2) is 6.07 Å². The maximum atomic E-state index is 12.8. The van der Waals surface area contributed by atoms with Crippen LogP contribution in [0, 0.1) is 21.7 Å². The van der Waals surface area contributed by atoms with Gasteiger partial charge in [-0.25, -0.2) is 4.39 Å². The number of benzene rings is 1. The highest BCUT2D eigenvalue weighted by Crippen LogP contribution is 2.29. The fourth-order valence-corrected chi connectivity index (χ4v) is 0.797. The monoisotopic (exact) mass is 189 g/mol. The van der Waals surface area contributed by atoms with Crippen molar-refractivity contribution in [1.29, 1.82) is 0 Å². The minimum absolute atomic E-state index is 0.550. The number of nitro groups is 1. The van der Waals surface area contributed by atoms with E-state index >= 15 is 0 Å². The highest BCUT2D eigenvalue weighted by molar-refractivity contribution is 5.62. The average Bonchev–Trinajstić information content (AvgIpc) is 2.07. The molecule has 0 aliphatic carbocycles.